The van der Waals surface area contributed by atoms with Gasteiger partial charge in [0, 0.05) is 25.2 Å². The fourth-order valence-corrected chi connectivity index (χ4v) is 4.04. The number of rotatable bonds is 4. The van der Waals surface area contributed by atoms with Crippen LogP contribution in [0.1, 0.15) is 6.42 Å². The first-order valence-electron chi connectivity index (χ1n) is 9.75. The minimum atomic E-state index is -1.71. The number of para-hydroxylation sites is 1. The molecule has 2 atom stereocenters. The molecule has 0 bridgehead atoms. The van der Waals surface area contributed by atoms with Crippen molar-refractivity contribution in [3.8, 4) is 5.75 Å². The fourth-order valence-electron chi connectivity index (χ4n) is 3.85. The summed E-state index contributed by atoms with van der Waals surface area (Å²) in [6.07, 6.45) is -1.43. The highest BCUT2D eigenvalue weighted by atomic mass is 35.5. The second-order valence-corrected chi connectivity index (χ2v) is 8.23. The van der Waals surface area contributed by atoms with Gasteiger partial charge in [0.1, 0.15) is 35.3 Å². The molecule has 3 N–H and O–H groups in total. The van der Waals surface area contributed by atoms with Gasteiger partial charge in [-0.1, -0.05) is 17.7 Å². The molecule has 8 nitrogen and oxygen atoms in total. The topological polar surface area (TPSA) is 108 Å². The summed E-state index contributed by atoms with van der Waals surface area (Å²) in [4.78, 5) is 27.5. The Hall–Kier alpha value is -2.95. The van der Waals surface area contributed by atoms with Crippen molar-refractivity contribution in [2.75, 3.05) is 24.6 Å². The molecule has 1 aliphatic heterocycles. The second-order valence-electron chi connectivity index (χ2n) is 7.79. The SMILES string of the molecule is Cn1c(=O)c(=O)[nH]c2c(OC[C@]3(O)CCN(c4c(F)cc(Cl)cc4F)C[C@H]3O)cccc21. The van der Waals surface area contributed by atoms with E-state index in [9.17, 15) is 28.6 Å². The molecule has 1 aliphatic rings. The van der Waals surface area contributed by atoms with Crippen molar-refractivity contribution in [2.45, 2.75) is 18.1 Å². The first-order valence-corrected chi connectivity index (χ1v) is 10.1. The second kappa shape index (κ2) is 8.19. The summed E-state index contributed by atoms with van der Waals surface area (Å²) in [6, 6.07) is 6.74. The van der Waals surface area contributed by atoms with Gasteiger partial charge < -0.3 is 29.4 Å². The van der Waals surface area contributed by atoms with E-state index in [2.05, 4.69) is 4.98 Å². The van der Waals surface area contributed by atoms with Gasteiger partial charge in [0.25, 0.3) is 0 Å². The number of H-pyrrole nitrogens is 1. The van der Waals surface area contributed by atoms with Crippen LogP contribution in [0.3, 0.4) is 0 Å². The van der Waals surface area contributed by atoms with Gasteiger partial charge in [-0.3, -0.25) is 9.59 Å². The van der Waals surface area contributed by atoms with Gasteiger partial charge >= 0.3 is 11.1 Å². The largest absolute Gasteiger partial charge is 0.488 e. The van der Waals surface area contributed by atoms with Gasteiger partial charge in [-0.15, -0.1) is 0 Å². The molecular formula is C21H20ClF2N3O5. The normalized spacial score (nSPS) is 21.2. The predicted octanol–water partition coefficient (Wildman–Crippen LogP) is 1.54. The zero-order valence-corrected chi connectivity index (χ0v) is 17.7. The molecule has 4 rings (SSSR count). The number of aryl methyl sites for hydroxylation is 1. The lowest BCUT2D eigenvalue weighted by Crippen LogP contribution is -2.58. The standard InChI is InChI=1S/C21H20ClF2N3O5/c1-26-14-3-2-4-15(17(14)25-19(29)20(26)30)32-10-21(31)5-6-27(9-16(21)28)18-12(23)7-11(22)8-13(18)24/h2-4,7-8,16,28,31H,5-6,9-10H2,1H3,(H,25,29)/t16-,21-/m1/s1. The van der Waals surface area contributed by atoms with E-state index in [1.54, 1.807) is 18.2 Å². The van der Waals surface area contributed by atoms with E-state index >= 15 is 0 Å². The lowest BCUT2D eigenvalue weighted by molar-refractivity contribution is -0.108. The number of aliphatic hydroxyl groups excluding tert-OH is 1. The summed E-state index contributed by atoms with van der Waals surface area (Å²) in [5.74, 6) is -1.53. The van der Waals surface area contributed by atoms with Gasteiger partial charge in [0.15, 0.2) is 11.6 Å². The van der Waals surface area contributed by atoms with Crippen molar-refractivity contribution < 1.29 is 23.7 Å². The molecule has 0 spiro atoms. The smallest absolute Gasteiger partial charge is 0.316 e. The molecule has 0 unspecified atom stereocenters. The quantitative estimate of drug-likeness (QED) is 0.502. The maximum Gasteiger partial charge on any atom is 0.316 e. The van der Waals surface area contributed by atoms with Crippen LogP contribution in [0, 0.1) is 11.6 Å². The monoisotopic (exact) mass is 467 g/mol. The molecular weight excluding hydrogens is 448 g/mol. The van der Waals surface area contributed by atoms with Gasteiger partial charge in [0.05, 0.1) is 5.52 Å². The third kappa shape index (κ3) is 3.85. The number of halogens is 3. The number of piperidine rings is 1. The van der Waals surface area contributed by atoms with Crippen molar-refractivity contribution >= 4 is 28.3 Å². The molecule has 1 saturated heterocycles. The maximum absolute atomic E-state index is 14.2. The minimum Gasteiger partial charge on any atom is -0.488 e. The third-order valence-corrected chi connectivity index (χ3v) is 5.92. The highest BCUT2D eigenvalue weighted by Crippen LogP contribution is 2.33. The highest BCUT2D eigenvalue weighted by molar-refractivity contribution is 6.30. The summed E-state index contributed by atoms with van der Waals surface area (Å²) in [6.45, 7) is -0.541. The van der Waals surface area contributed by atoms with E-state index in [-0.39, 0.29) is 48.1 Å². The van der Waals surface area contributed by atoms with E-state index in [4.69, 9.17) is 16.3 Å². The van der Waals surface area contributed by atoms with Gasteiger partial charge in [-0.05, 0) is 30.7 Å². The summed E-state index contributed by atoms with van der Waals surface area (Å²) >= 11 is 5.66. The number of ether oxygens (including phenoxy) is 1. The van der Waals surface area contributed by atoms with Crippen LogP contribution in [0.15, 0.2) is 39.9 Å². The number of β-amino-alcohol motifs (C(OH)–C–C–N with tert-alkyl or cyclic N) is 1. The lowest BCUT2D eigenvalue weighted by atomic mass is 9.89. The Labute approximate surface area is 185 Å². The summed E-state index contributed by atoms with van der Waals surface area (Å²) in [7, 11) is 1.45. The summed E-state index contributed by atoms with van der Waals surface area (Å²) in [5.41, 5.74) is -2.90. The molecule has 0 aliphatic carbocycles. The van der Waals surface area contributed by atoms with Crippen LogP contribution < -0.4 is 20.8 Å². The Morgan fingerprint density at radius 1 is 1.28 bits per heavy atom. The molecule has 1 fully saturated rings. The van der Waals surface area contributed by atoms with Crippen molar-refractivity contribution in [3.05, 3.63) is 67.7 Å². The number of nitrogens with zero attached hydrogens (tertiary/aromatic N) is 2. The molecule has 0 radical (unpaired) electrons. The number of aliphatic hydroxyl groups is 2. The minimum absolute atomic E-state index is 0.0462. The number of hydrogen-bond acceptors (Lipinski definition) is 6. The molecule has 170 valence electrons. The lowest BCUT2D eigenvalue weighted by Gasteiger charge is -2.42. The Kier molecular flexibility index (Phi) is 5.70. The average Bonchev–Trinajstić information content (AvgIpc) is 2.73. The summed E-state index contributed by atoms with van der Waals surface area (Å²) < 4.78 is 35.4. The number of fused-ring (bicyclic) bond motifs is 1. The van der Waals surface area contributed by atoms with Gasteiger partial charge in [-0.25, -0.2) is 8.78 Å². The molecule has 0 saturated carbocycles. The van der Waals surface area contributed by atoms with Crippen molar-refractivity contribution in [3.63, 3.8) is 0 Å². The number of aromatic nitrogens is 2. The molecule has 32 heavy (non-hydrogen) atoms. The Bertz CT molecular complexity index is 1290. The Morgan fingerprint density at radius 2 is 1.97 bits per heavy atom. The number of anilines is 1. The molecule has 2 aromatic carbocycles. The number of nitrogens with one attached hydrogen (secondary N) is 1. The van der Waals surface area contributed by atoms with Crippen LogP contribution in [-0.4, -0.2) is 51.2 Å². The van der Waals surface area contributed by atoms with E-state index in [1.165, 1.54) is 16.5 Å². The number of benzene rings is 2. The van der Waals surface area contributed by atoms with Crippen LogP contribution in [-0.2, 0) is 7.05 Å². The number of aromatic amines is 1. The molecule has 1 aromatic heterocycles. The van der Waals surface area contributed by atoms with E-state index < -0.39 is 34.5 Å². The van der Waals surface area contributed by atoms with Crippen LogP contribution in [0.4, 0.5) is 14.5 Å². The van der Waals surface area contributed by atoms with E-state index in [0.717, 1.165) is 12.1 Å². The molecule has 11 heteroatoms. The highest BCUT2D eigenvalue weighted by Gasteiger charge is 2.42. The Balaban J connectivity index is 1.54. The van der Waals surface area contributed by atoms with Crippen LogP contribution in [0.2, 0.25) is 5.02 Å². The molecule has 0 amide bonds. The van der Waals surface area contributed by atoms with E-state index in [1.807, 2.05) is 0 Å². The third-order valence-electron chi connectivity index (χ3n) is 5.71. The molecule has 2 heterocycles. The maximum atomic E-state index is 14.2. The van der Waals surface area contributed by atoms with Crippen molar-refractivity contribution in [1.82, 2.24) is 9.55 Å². The van der Waals surface area contributed by atoms with E-state index in [0.29, 0.717) is 5.52 Å². The average molecular weight is 468 g/mol. The van der Waals surface area contributed by atoms with Crippen molar-refractivity contribution in [2.24, 2.45) is 7.05 Å². The number of hydrogen-bond donors (Lipinski definition) is 3. The van der Waals surface area contributed by atoms with Gasteiger partial charge in [-0.2, -0.15) is 0 Å². The van der Waals surface area contributed by atoms with Crippen molar-refractivity contribution in [1.29, 1.82) is 0 Å². The van der Waals surface area contributed by atoms with Crippen LogP contribution in [0.25, 0.3) is 11.0 Å². The molecule has 3 aromatic rings. The predicted molar refractivity (Wildman–Crippen MR) is 114 cm³/mol. The Morgan fingerprint density at radius 3 is 2.62 bits per heavy atom. The van der Waals surface area contributed by atoms with Crippen LogP contribution in [0.5, 0.6) is 5.75 Å². The first kappa shape index (κ1) is 22.3. The zero-order chi connectivity index (χ0) is 23.2. The van der Waals surface area contributed by atoms with Gasteiger partial charge in [0.2, 0.25) is 0 Å². The zero-order valence-electron chi connectivity index (χ0n) is 16.9. The fraction of sp³-hybridized carbons (Fsp3) is 0.333. The first-order chi connectivity index (χ1) is 15.1. The van der Waals surface area contributed by atoms with Crippen LogP contribution >= 0.6 is 11.6 Å². The summed E-state index contributed by atoms with van der Waals surface area (Å²) in [5, 5.41) is 21.4.